The van der Waals surface area contributed by atoms with Crippen molar-refractivity contribution in [3.63, 3.8) is 0 Å². The Balaban J connectivity index is 1.43. The van der Waals surface area contributed by atoms with Crippen LogP contribution in [0.4, 0.5) is 5.69 Å². The van der Waals surface area contributed by atoms with E-state index in [0.29, 0.717) is 12.8 Å². The van der Waals surface area contributed by atoms with E-state index < -0.39 is 0 Å². The molecular formula is C22H22N2O3S. The Bertz CT molecular complexity index is 1030. The molecule has 1 amide bonds. The van der Waals surface area contributed by atoms with Crippen molar-refractivity contribution in [2.75, 3.05) is 12.4 Å². The number of benzene rings is 2. The first-order valence-corrected chi connectivity index (χ1v) is 10.2. The van der Waals surface area contributed by atoms with Crippen molar-refractivity contribution in [2.45, 2.75) is 26.2 Å². The third-order valence-electron chi connectivity index (χ3n) is 5.28. The van der Waals surface area contributed by atoms with E-state index in [1.807, 2.05) is 30.3 Å². The van der Waals surface area contributed by atoms with Gasteiger partial charge in [-0.15, -0.1) is 11.3 Å². The van der Waals surface area contributed by atoms with Crippen molar-refractivity contribution in [2.24, 2.45) is 11.8 Å². The molecule has 2 atom stereocenters. The Hall–Kier alpha value is -2.73. The van der Waals surface area contributed by atoms with Crippen LogP contribution in [0.25, 0.3) is 20.8 Å². The molecule has 1 fully saturated rings. The van der Waals surface area contributed by atoms with Crippen LogP contribution in [0, 0.1) is 18.8 Å². The Kier molecular flexibility index (Phi) is 5.13. The van der Waals surface area contributed by atoms with E-state index in [-0.39, 0.29) is 23.7 Å². The van der Waals surface area contributed by atoms with Gasteiger partial charge in [-0.25, -0.2) is 4.98 Å². The molecule has 1 aliphatic carbocycles. The van der Waals surface area contributed by atoms with Gasteiger partial charge in [-0.2, -0.15) is 0 Å². The Morgan fingerprint density at radius 2 is 1.86 bits per heavy atom. The average molecular weight is 394 g/mol. The number of fused-ring (bicyclic) bond motifs is 1. The maximum atomic E-state index is 12.5. The zero-order valence-electron chi connectivity index (χ0n) is 15.9. The van der Waals surface area contributed by atoms with Crippen molar-refractivity contribution in [1.82, 2.24) is 4.98 Å². The highest BCUT2D eigenvalue weighted by Crippen LogP contribution is 2.33. The van der Waals surface area contributed by atoms with Gasteiger partial charge in [0.05, 0.1) is 23.2 Å². The van der Waals surface area contributed by atoms with E-state index >= 15 is 0 Å². The molecule has 1 aromatic heterocycles. The molecule has 5 nitrogen and oxygen atoms in total. The number of thiazole rings is 1. The second kappa shape index (κ2) is 7.72. The second-order valence-electron chi connectivity index (χ2n) is 7.29. The van der Waals surface area contributed by atoms with E-state index in [1.165, 1.54) is 17.4 Å². The summed E-state index contributed by atoms with van der Waals surface area (Å²) >= 11 is 1.67. The zero-order valence-corrected chi connectivity index (χ0v) is 16.7. The topological polar surface area (TPSA) is 68.3 Å². The molecule has 0 spiro atoms. The highest BCUT2D eigenvalue weighted by Gasteiger charge is 2.34. The summed E-state index contributed by atoms with van der Waals surface area (Å²) in [5.74, 6) is -0.553. The Labute approximate surface area is 167 Å². The average Bonchev–Trinajstić information content (AvgIpc) is 3.35. The minimum absolute atomic E-state index is 0.0328. The highest BCUT2D eigenvalue weighted by atomic mass is 32.1. The van der Waals surface area contributed by atoms with Gasteiger partial charge in [0.15, 0.2) is 0 Å². The molecule has 28 heavy (non-hydrogen) atoms. The molecule has 2 aromatic carbocycles. The van der Waals surface area contributed by atoms with Gasteiger partial charge >= 0.3 is 5.97 Å². The van der Waals surface area contributed by atoms with Crippen molar-refractivity contribution < 1.29 is 14.3 Å². The monoisotopic (exact) mass is 394 g/mol. The number of nitrogens with zero attached hydrogens (tertiary/aromatic N) is 1. The maximum absolute atomic E-state index is 12.5. The number of nitrogens with one attached hydrogen (secondary N) is 1. The summed E-state index contributed by atoms with van der Waals surface area (Å²) in [6, 6.07) is 14.0. The number of rotatable bonds is 4. The third kappa shape index (κ3) is 3.78. The number of aromatic nitrogens is 1. The van der Waals surface area contributed by atoms with E-state index in [4.69, 9.17) is 9.72 Å². The largest absolute Gasteiger partial charge is 0.469 e. The second-order valence-corrected chi connectivity index (χ2v) is 8.32. The zero-order chi connectivity index (χ0) is 19.7. The number of carbonyl (C=O) groups excluding carboxylic acids is 2. The first-order chi connectivity index (χ1) is 13.5. The van der Waals surface area contributed by atoms with Gasteiger partial charge < -0.3 is 10.1 Å². The molecule has 3 aromatic rings. The predicted molar refractivity (Wildman–Crippen MR) is 111 cm³/mol. The molecule has 1 aliphatic rings. The van der Waals surface area contributed by atoms with Crippen molar-refractivity contribution in [3.05, 3.63) is 48.0 Å². The SMILES string of the molecule is COC(=O)[C@H]1CC[C@@H](C(=O)Nc2ccc(-c3nc4ccc(C)cc4s3)cc2)C1. The molecule has 0 unspecified atom stereocenters. The fourth-order valence-corrected chi connectivity index (χ4v) is 4.77. The number of methoxy groups -OCH3 is 1. The van der Waals surface area contributed by atoms with Crippen LogP contribution in [0.2, 0.25) is 0 Å². The molecule has 144 valence electrons. The van der Waals surface area contributed by atoms with Gasteiger partial charge in [0.25, 0.3) is 0 Å². The Morgan fingerprint density at radius 1 is 1.11 bits per heavy atom. The summed E-state index contributed by atoms with van der Waals surface area (Å²) in [5, 5.41) is 3.93. The number of carbonyl (C=O) groups is 2. The number of anilines is 1. The number of esters is 1. The van der Waals surface area contributed by atoms with Crippen LogP contribution in [-0.2, 0) is 14.3 Å². The van der Waals surface area contributed by atoms with Gasteiger partial charge in [-0.05, 0) is 68.1 Å². The first-order valence-electron chi connectivity index (χ1n) is 9.40. The number of ether oxygens (including phenoxy) is 1. The quantitative estimate of drug-likeness (QED) is 0.646. The van der Waals surface area contributed by atoms with Crippen molar-refractivity contribution in [3.8, 4) is 10.6 Å². The fraction of sp³-hybridized carbons (Fsp3) is 0.318. The van der Waals surface area contributed by atoms with Gasteiger partial charge in [0, 0.05) is 17.2 Å². The standard InChI is InChI=1S/C22H22N2O3S/c1-13-3-10-18-19(11-13)28-21(24-18)14-6-8-17(9-7-14)23-20(25)15-4-5-16(12-15)22(26)27-2/h3,6-11,15-16H,4-5,12H2,1-2H3,(H,23,25)/t15-,16+/m1/s1. The lowest BCUT2D eigenvalue weighted by Crippen LogP contribution is -2.22. The van der Waals surface area contributed by atoms with Gasteiger partial charge in [-0.1, -0.05) is 6.07 Å². The minimum atomic E-state index is -0.217. The molecular weight excluding hydrogens is 372 g/mol. The predicted octanol–water partition coefficient (Wildman–Crippen LogP) is 4.80. The summed E-state index contributed by atoms with van der Waals surface area (Å²) in [7, 11) is 1.39. The highest BCUT2D eigenvalue weighted by molar-refractivity contribution is 7.21. The van der Waals surface area contributed by atoms with Crippen LogP contribution in [0.15, 0.2) is 42.5 Å². The van der Waals surface area contributed by atoms with Crippen LogP contribution < -0.4 is 5.32 Å². The lowest BCUT2D eigenvalue weighted by Gasteiger charge is -2.11. The van der Waals surface area contributed by atoms with E-state index in [9.17, 15) is 9.59 Å². The lowest BCUT2D eigenvalue weighted by atomic mass is 10.0. The number of hydrogen-bond acceptors (Lipinski definition) is 5. The van der Waals surface area contributed by atoms with E-state index in [0.717, 1.165) is 28.2 Å². The fourth-order valence-electron chi connectivity index (χ4n) is 3.70. The molecule has 6 heteroatoms. The molecule has 1 saturated carbocycles. The molecule has 0 radical (unpaired) electrons. The molecule has 1 N–H and O–H groups in total. The summed E-state index contributed by atoms with van der Waals surface area (Å²) in [6.07, 6.45) is 1.98. The molecule has 0 saturated heterocycles. The molecule has 0 aliphatic heterocycles. The van der Waals surface area contributed by atoms with Gasteiger partial charge in [0.1, 0.15) is 5.01 Å². The van der Waals surface area contributed by atoms with Crippen LogP contribution in [0.5, 0.6) is 0 Å². The summed E-state index contributed by atoms with van der Waals surface area (Å²) in [5.41, 5.74) is 4.02. The van der Waals surface area contributed by atoms with Crippen LogP contribution in [0.3, 0.4) is 0 Å². The molecule has 0 bridgehead atoms. The number of aryl methyl sites for hydroxylation is 1. The smallest absolute Gasteiger partial charge is 0.308 e. The third-order valence-corrected chi connectivity index (χ3v) is 6.35. The normalized spacial score (nSPS) is 18.9. The maximum Gasteiger partial charge on any atom is 0.308 e. The van der Waals surface area contributed by atoms with Crippen molar-refractivity contribution in [1.29, 1.82) is 0 Å². The summed E-state index contributed by atoms with van der Waals surface area (Å²) in [6.45, 7) is 2.08. The summed E-state index contributed by atoms with van der Waals surface area (Å²) in [4.78, 5) is 28.8. The Morgan fingerprint density at radius 3 is 2.61 bits per heavy atom. The molecule has 4 rings (SSSR count). The van der Waals surface area contributed by atoms with E-state index in [2.05, 4.69) is 24.4 Å². The first kappa shape index (κ1) is 18.6. The minimum Gasteiger partial charge on any atom is -0.469 e. The molecule has 1 heterocycles. The van der Waals surface area contributed by atoms with Crippen LogP contribution in [0.1, 0.15) is 24.8 Å². The number of amides is 1. The number of hydrogen-bond donors (Lipinski definition) is 1. The van der Waals surface area contributed by atoms with Crippen LogP contribution in [-0.4, -0.2) is 24.0 Å². The van der Waals surface area contributed by atoms with Gasteiger partial charge in [0.2, 0.25) is 5.91 Å². The summed E-state index contributed by atoms with van der Waals surface area (Å²) < 4.78 is 5.96. The lowest BCUT2D eigenvalue weighted by molar-refractivity contribution is -0.145. The van der Waals surface area contributed by atoms with Gasteiger partial charge in [-0.3, -0.25) is 9.59 Å². The van der Waals surface area contributed by atoms with Crippen molar-refractivity contribution >= 4 is 39.1 Å². The van der Waals surface area contributed by atoms with E-state index in [1.54, 1.807) is 11.3 Å². The van der Waals surface area contributed by atoms with Crippen LogP contribution >= 0.6 is 11.3 Å².